The summed E-state index contributed by atoms with van der Waals surface area (Å²) in [5.41, 5.74) is 6.62. The van der Waals surface area contributed by atoms with Gasteiger partial charge in [0.1, 0.15) is 17.3 Å². The van der Waals surface area contributed by atoms with Crippen LogP contribution in [0.25, 0.3) is 0 Å². The summed E-state index contributed by atoms with van der Waals surface area (Å²) in [5.74, 6) is 0.0435. The van der Waals surface area contributed by atoms with Crippen molar-refractivity contribution >= 4 is 29.0 Å². The Labute approximate surface area is 126 Å². The molecule has 1 aromatic carbocycles. The minimum absolute atomic E-state index is 0.0455. The van der Waals surface area contributed by atoms with E-state index in [1.165, 1.54) is 19.2 Å². The van der Waals surface area contributed by atoms with Crippen LogP contribution < -0.4 is 16.4 Å². The Morgan fingerprint density at radius 3 is 2.64 bits per heavy atom. The van der Waals surface area contributed by atoms with Gasteiger partial charge in [-0.15, -0.1) is 0 Å². The Hall–Kier alpha value is -2.90. The van der Waals surface area contributed by atoms with Crippen LogP contribution in [0, 0.1) is 12.7 Å². The van der Waals surface area contributed by atoms with E-state index in [1.54, 1.807) is 14.0 Å². The third-order valence-corrected chi connectivity index (χ3v) is 2.93. The topological polar surface area (TPSA) is 102 Å². The first kappa shape index (κ1) is 15.5. The number of nitrogens with one attached hydrogen (secondary N) is 2. The Morgan fingerprint density at radius 1 is 1.32 bits per heavy atom. The van der Waals surface area contributed by atoms with Crippen molar-refractivity contribution in [3.8, 4) is 0 Å². The van der Waals surface area contributed by atoms with Gasteiger partial charge in [-0.2, -0.15) is 0 Å². The van der Waals surface area contributed by atoms with E-state index in [0.717, 1.165) is 6.07 Å². The normalized spacial score (nSPS) is 10.2. The molecule has 0 aliphatic carbocycles. The molecule has 0 aliphatic heterocycles. The summed E-state index contributed by atoms with van der Waals surface area (Å²) in [4.78, 5) is 20.1. The first-order chi connectivity index (χ1) is 10.5. The van der Waals surface area contributed by atoms with Crippen molar-refractivity contribution in [2.45, 2.75) is 6.92 Å². The largest absolute Gasteiger partial charge is 0.465 e. The number of hydrogen-bond donors (Lipinski definition) is 3. The lowest BCUT2D eigenvalue weighted by Gasteiger charge is -2.14. The molecule has 7 nitrogen and oxygen atoms in total. The molecule has 22 heavy (non-hydrogen) atoms. The predicted molar refractivity (Wildman–Crippen MR) is 81.8 cm³/mol. The number of nitrogens with zero attached hydrogens (tertiary/aromatic N) is 2. The number of nitrogen functional groups attached to an aromatic ring is 1. The number of aromatic nitrogens is 2. The second-order valence-electron chi connectivity index (χ2n) is 4.44. The Bertz CT molecular complexity index is 721. The van der Waals surface area contributed by atoms with Crippen LogP contribution >= 0.6 is 0 Å². The molecule has 0 radical (unpaired) electrons. The summed E-state index contributed by atoms with van der Waals surface area (Å²) in [6.45, 7) is 1.71. The number of anilines is 4. The molecule has 1 heterocycles. The minimum Gasteiger partial charge on any atom is -0.465 e. The standard InChI is InChI=1S/C14H16FN5O2/c1-7-18-12(17-2)11(16)13(19-7)20-10-5-4-8(15)6-9(10)14(21)22-3/h4-6H,16H2,1-3H3,(H2,17,18,19,20). The highest BCUT2D eigenvalue weighted by atomic mass is 19.1. The molecule has 116 valence electrons. The van der Waals surface area contributed by atoms with E-state index in [1.807, 2.05) is 0 Å². The van der Waals surface area contributed by atoms with Gasteiger partial charge >= 0.3 is 5.97 Å². The van der Waals surface area contributed by atoms with Crippen molar-refractivity contribution in [2.75, 3.05) is 30.5 Å². The van der Waals surface area contributed by atoms with Crippen LogP contribution in [-0.4, -0.2) is 30.1 Å². The van der Waals surface area contributed by atoms with Crippen LogP contribution in [0.4, 0.5) is 27.4 Å². The number of carbonyl (C=O) groups is 1. The van der Waals surface area contributed by atoms with E-state index in [2.05, 4.69) is 25.3 Å². The molecular formula is C14H16FN5O2. The second kappa shape index (κ2) is 6.25. The number of methoxy groups -OCH3 is 1. The van der Waals surface area contributed by atoms with Crippen molar-refractivity contribution in [2.24, 2.45) is 0 Å². The molecule has 0 unspecified atom stereocenters. The third-order valence-electron chi connectivity index (χ3n) is 2.93. The van der Waals surface area contributed by atoms with Crippen LogP contribution in [0.5, 0.6) is 0 Å². The lowest BCUT2D eigenvalue weighted by atomic mass is 10.1. The Balaban J connectivity index is 2.48. The van der Waals surface area contributed by atoms with Gasteiger partial charge in [0.15, 0.2) is 11.6 Å². The second-order valence-corrected chi connectivity index (χ2v) is 4.44. The van der Waals surface area contributed by atoms with Crippen molar-refractivity contribution in [3.05, 3.63) is 35.4 Å². The highest BCUT2D eigenvalue weighted by Gasteiger charge is 2.16. The number of rotatable bonds is 4. The number of ether oxygens (including phenoxy) is 1. The number of nitrogens with two attached hydrogens (primary N) is 1. The number of aryl methyl sites for hydroxylation is 1. The number of benzene rings is 1. The molecule has 4 N–H and O–H groups in total. The highest BCUT2D eigenvalue weighted by Crippen LogP contribution is 2.28. The summed E-state index contributed by atoms with van der Waals surface area (Å²) < 4.78 is 18.0. The molecule has 2 rings (SSSR count). The number of carbonyl (C=O) groups excluding carboxylic acids is 1. The monoisotopic (exact) mass is 305 g/mol. The van der Waals surface area contributed by atoms with Gasteiger partial charge in [0.25, 0.3) is 0 Å². The van der Waals surface area contributed by atoms with Gasteiger partial charge in [0.05, 0.1) is 18.4 Å². The highest BCUT2D eigenvalue weighted by molar-refractivity contribution is 5.97. The maximum Gasteiger partial charge on any atom is 0.340 e. The SMILES string of the molecule is CNc1nc(C)nc(Nc2ccc(F)cc2C(=O)OC)c1N. The van der Waals surface area contributed by atoms with Crippen LogP contribution in [0.1, 0.15) is 16.2 Å². The third kappa shape index (κ3) is 3.05. The van der Waals surface area contributed by atoms with Crippen molar-refractivity contribution in [1.82, 2.24) is 9.97 Å². The smallest absolute Gasteiger partial charge is 0.340 e. The van der Waals surface area contributed by atoms with Gasteiger partial charge in [-0.05, 0) is 25.1 Å². The number of esters is 1. The summed E-state index contributed by atoms with van der Waals surface area (Å²) in [5, 5.41) is 5.77. The fourth-order valence-electron chi connectivity index (χ4n) is 1.90. The van der Waals surface area contributed by atoms with Crippen molar-refractivity contribution < 1.29 is 13.9 Å². The predicted octanol–water partition coefficient (Wildman–Crippen LogP) is 2.08. The quantitative estimate of drug-likeness (QED) is 0.743. The van der Waals surface area contributed by atoms with Crippen LogP contribution in [0.15, 0.2) is 18.2 Å². The van der Waals surface area contributed by atoms with E-state index in [4.69, 9.17) is 5.73 Å². The Kier molecular flexibility index (Phi) is 4.40. The van der Waals surface area contributed by atoms with Crippen LogP contribution in [0.2, 0.25) is 0 Å². The van der Waals surface area contributed by atoms with E-state index < -0.39 is 11.8 Å². The molecule has 0 fully saturated rings. The van der Waals surface area contributed by atoms with Gasteiger partial charge in [-0.3, -0.25) is 0 Å². The zero-order valence-corrected chi connectivity index (χ0v) is 12.4. The van der Waals surface area contributed by atoms with E-state index >= 15 is 0 Å². The van der Waals surface area contributed by atoms with Gasteiger partial charge in [0.2, 0.25) is 0 Å². The fourth-order valence-corrected chi connectivity index (χ4v) is 1.90. The molecule has 0 saturated carbocycles. The van der Waals surface area contributed by atoms with Crippen LogP contribution in [0.3, 0.4) is 0 Å². The van der Waals surface area contributed by atoms with Gasteiger partial charge in [-0.25, -0.2) is 19.2 Å². The molecule has 0 atom stereocenters. The van der Waals surface area contributed by atoms with Crippen molar-refractivity contribution in [3.63, 3.8) is 0 Å². The molecule has 0 aliphatic rings. The van der Waals surface area contributed by atoms with Gasteiger partial charge < -0.3 is 21.1 Å². The summed E-state index contributed by atoms with van der Waals surface area (Å²) in [6, 6.07) is 3.72. The molecule has 2 aromatic rings. The van der Waals surface area contributed by atoms with Gasteiger partial charge in [0, 0.05) is 7.05 Å². The summed E-state index contributed by atoms with van der Waals surface area (Å²) in [6.07, 6.45) is 0. The minimum atomic E-state index is -0.666. The lowest BCUT2D eigenvalue weighted by molar-refractivity contribution is 0.0601. The van der Waals surface area contributed by atoms with Crippen molar-refractivity contribution in [1.29, 1.82) is 0 Å². The van der Waals surface area contributed by atoms with E-state index in [9.17, 15) is 9.18 Å². The zero-order chi connectivity index (χ0) is 16.3. The first-order valence-electron chi connectivity index (χ1n) is 6.43. The maximum absolute atomic E-state index is 13.3. The molecule has 0 bridgehead atoms. The molecule has 8 heteroatoms. The summed E-state index contributed by atoms with van der Waals surface area (Å²) in [7, 11) is 2.90. The molecule has 0 spiro atoms. The molecule has 0 saturated heterocycles. The Morgan fingerprint density at radius 2 is 2.00 bits per heavy atom. The van der Waals surface area contributed by atoms with E-state index in [0.29, 0.717) is 23.1 Å². The van der Waals surface area contributed by atoms with Crippen LogP contribution in [-0.2, 0) is 4.74 Å². The molecular weight excluding hydrogens is 289 g/mol. The zero-order valence-electron chi connectivity index (χ0n) is 12.4. The average Bonchev–Trinajstić information content (AvgIpc) is 2.51. The lowest BCUT2D eigenvalue weighted by Crippen LogP contribution is -2.10. The fraction of sp³-hybridized carbons (Fsp3) is 0.214. The maximum atomic E-state index is 13.3. The first-order valence-corrected chi connectivity index (χ1v) is 6.43. The summed E-state index contributed by atoms with van der Waals surface area (Å²) >= 11 is 0. The molecule has 0 amide bonds. The van der Waals surface area contributed by atoms with E-state index in [-0.39, 0.29) is 11.3 Å². The number of halogens is 1. The average molecular weight is 305 g/mol. The van der Waals surface area contributed by atoms with Gasteiger partial charge in [-0.1, -0.05) is 0 Å². The molecule has 1 aromatic heterocycles. The number of hydrogen-bond acceptors (Lipinski definition) is 7.